The lowest BCUT2D eigenvalue weighted by molar-refractivity contribution is 0.0990. The van der Waals surface area contributed by atoms with Crippen molar-refractivity contribution in [3.05, 3.63) is 23.8 Å². The molecule has 76 valence electrons. The fourth-order valence-corrected chi connectivity index (χ4v) is 1.37. The Balaban J connectivity index is 3.23. The predicted molar refractivity (Wildman–Crippen MR) is 57.4 cm³/mol. The van der Waals surface area contributed by atoms with Crippen LogP contribution in [0.2, 0.25) is 0 Å². The summed E-state index contributed by atoms with van der Waals surface area (Å²) in [6, 6.07) is 4.73. The summed E-state index contributed by atoms with van der Waals surface area (Å²) in [5.74, 6) is 0.141. The van der Waals surface area contributed by atoms with Crippen LogP contribution in [0.1, 0.15) is 17.3 Å². The van der Waals surface area contributed by atoms with E-state index in [9.17, 15) is 9.90 Å². The van der Waals surface area contributed by atoms with Gasteiger partial charge in [0.2, 0.25) is 0 Å². The lowest BCUT2D eigenvalue weighted by atomic mass is 10.1. The Morgan fingerprint density at radius 1 is 1.57 bits per heavy atom. The van der Waals surface area contributed by atoms with Crippen molar-refractivity contribution in [2.24, 2.45) is 0 Å². The summed E-state index contributed by atoms with van der Waals surface area (Å²) in [6.45, 7) is 1.70. The maximum atomic E-state index is 11.7. The number of benzene rings is 1. The van der Waals surface area contributed by atoms with Gasteiger partial charge in [-0.25, -0.2) is 0 Å². The lowest BCUT2D eigenvalue weighted by Crippen LogP contribution is -2.11. The van der Waals surface area contributed by atoms with E-state index < -0.39 is 0 Å². The Labute approximate surface area is 90.8 Å². The van der Waals surface area contributed by atoms with Crippen LogP contribution >= 0.6 is 15.9 Å². The first-order valence-electron chi connectivity index (χ1n) is 4.12. The highest BCUT2D eigenvalue weighted by atomic mass is 79.9. The standard InChI is InChI=1S/C10H11BrO3/c1-6(11)10(13)9-7(12)4-3-5-8(9)14-2/h3-6,12H,1-2H3. The molecule has 1 N–H and O–H groups in total. The van der Waals surface area contributed by atoms with Gasteiger partial charge in [-0.05, 0) is 19.1 Å². The van der Waals surface area contributed by atoms with E-state index in [-0.39, 0.29) is 21.9 Å². The minimum Gasteiger partial charge on any atom is -0.507 e. The van der Waals surface area contributed by atoms with Gasteiger partial charge in [0.25, 0.3) is 0 Å². The molecule has 3 nitrogen and oxygen atoms in total. The van der Waals surface area contributed by atoms with Crippen molar-refractivity contribution in [3.8, 4) is 11.5 Å². The molecule has 0 aliphatic carbocycles. The van der Waals surface area contributed by atoms with Crippen molar-refractivity contribution in [2.45, 2.75) is 11.8 Å². The molecule has 4 heteroatoms. The van der Waals surface area contributed by atoms with E-state index in [0.29, 0.717) is 5.75 Å². The molecule has 0 fully saturated rings. The minimum atomic E-state index is -0.343. The van der Waals surface area contributed by atoms with E-state index in [0.717, 1.165) is 0 Å². The molecule has 1 aromatic rings. The predicted octanol–water partition coefficient (Wildman–Crippen LogP) is 2.37. The summed E-state index contributed by atoms with van der Waals surface area (Å²) < 4.78 is 5.00. The zero-order valence-corrected chi connectivity index (χ0v) is 9.54. The zero-order valence-electron chi connectivity index (χ0n) is 7.95. The smallest absolute Gasteiger partial charge is 0.183 e. The van der Waals surface area contributed by atoms with E-state index >= 15 is 0 Å². The van der Waals surface area contributed by atoms with Gasteiger partial charge in [-0.15, -0.1) is 0 Å². The molecule has 0 saturated carbocycles. The Morgan fingerprint density at radius 3 is 2.71 bits per heavy atom. The van der Waals surface area contributed by atoms with Gasteiger partial charge in [0.15, 0.2) is 5.78 Å². The number of hydrogen-bond acceptors (Lipinski definition) is 3. The molecule has 1 atom stereocenters. The van der Waals surface area contributed by atoms with Crippen molar-refractivity contribution < 1.29 is 14.6 Å². The van der Waals surface area contributed by atoms with E-state index in [1.807, 2.05) is 0 Å². The van der Waals surface area contributed by atoms with Crippen LogP contribution in [0.15, 0.2) is 18.2 Å². The molecule has 0 aliphatic rings. The third kappa shape index (κ3) is 2.07. The highest BCUT2D eigenvalue weighted by Crippen LogP contribution is 2.29. The number of phenolic OH excluding ortho intramolecular Hbond substituents is 1. The van der Waals surface area contributed by atoms with Crippen molar-refractivity contribution in [1.82, 2.24) is 0 Å². The Kier molecular flexibility index (Phi) is 3.52. The van der Waals surface area contributed by atoms with Crippen molar-refractivity contribution >= 4 is 21.7 Å². The first-order chi connectivity index (χ1) is 6.57. The van der Waals surface area contributed by atoms with Crippen LogP contribution in [-0.4, -0.2) is 22.8 Å². The lowest BCUT2D eigenvalue weighted by Gasteiger charge is -2.10. The molecular weight excluding hydrogens is 248 g/mol. The summed E-state index contributed by atoms with van der Waals surface area (Å²) in [6.07, 6.45) is 0. The SMILES string of the molecule is COc1cccc(O)c1C(=O)C(C)Br. The number of hydrogen-bond donors (Lipinski definition) is 1. The topological polar surface area (TPSA) is 46.5 Å². The molecule has 0 bridgehead atoms. The molecule has 1 unspecified atom stereocenters. The highest BCUT2D eigenvalue weighted by Gasteiger charge is 2.20. The number of carbonyl (C=O) groups is 1. The molecular formula is C10H11BrO3. The summed E-state index contributed by atoms with van der Waals surface area (Å²) >= 11 is 3.16. The second-order valence-corrected chi connectivity index (χ2v) is 4.21. The summed E-state index contributed by atoms with van der Waals surface area (Å²) in [5, 5.41) is 9.52. The molecule has 0 saturated heterocycles. The number of rotatable bonds is 3. The van der Waals surface area contributed by atoms with Crippen molar-refractivity contribution in [2.75, 3.05) is 7.11 Å². The first-order valence-corrected chi connectivity index (χ1v) is 5.03. The average molecular weight is 259 g/mol. The second-order valence-electron chi connectivity index (χ2n) is 2.83. The fraction of sp³-hybridized carbons (Fsp3) is 0.300. The molecule has 0 amide bonds. The van der Waals surface area contributed by atoms with Gasteiger partial charge in [0.1, 0.15) is 17.1 Å². The molecule has 0 aliphatic heterocycles. The normalized spacial score (nSPS) is 12.2. The molecule has 0 radical (unpaired) electrons. The number of ketones is 1. The largest absolute Gasteiger partial charge is 0.507 e. The van der Waals surface area contributed by atoms with Crippen molar-refractivity contribution in [1.29, 1.82) is 0 Å². The monoisotopic (exact) mass is 258 g/mol. The Morgan fingerprint density at radius 2 is 2.21 bits per heavy atom. The van der Waals surface area contributed by atoms with E-state index in [2.05, 4.69) is 15.9 Å². The quantitative estimate of drug-likeness (QED) is 0.669. The summed E-state index contributed by atoms with van der Waals surface area (Å²) in [7, 11) is 1.46. The molecule has 1 aromatic carbocycles. The number of aromatic hydroxyl groups is 1. The Bertz CT molecular complexity index is 347. The molecule has 0 aromatic heterocycles. The number of Topliss-reactive ketones (excluding diaryl/α,β-unsaturated/α-hetero) is 1. The fourth-order valence-electron chi connectivity index (χ4n) is 1.14. The van der Waals surface area contributed by atoms with E-state index in [1.165, 1.54) is 13.2 Å². The van der Waals surface area contributed by atoms with Gasteiger partial charge < -0.3 is 9.84 Å². The minimum absolute atomic E-state index is 0.0550. The highest BCUT2D eigenvalue weighted by molar-refractivity contribution is 9.10. The number of phenols is 1. The third-order valence-electron chi connectivity index (χ3n) is 1.83. The number of methoxy groups -OCH3 is 1. The molecule has 14 heavy (non-hydrogen) atoms. The van der Waals surface area contributed by atoms with Crippen molar-refractivity contribution in [3.63, 3.8) is 0 Å². The van der Waals surface area contributed by atoms with Gasteiger partial charge in [-0.2, -0.15) is 0 Å². The first kappa shape index (κ1) is 11.0. The van der Waals surface area contributed by atoms with Crippen LogP contribution in [-0.2, 0) is 0 Å². The van der Waals surface area contributed by atoms with E-state index in [4.69, 9.17) is 4.74 Å². The second kappa shape index (κ2) is 4.46. The summed E-state index contributed by atoms with van der Waals surface area (Å²) in [4.78, 5) is 11.3. The third-order valence-corrected chi connectivity index (χ3v) is 2.25. The maximum absolute atomic E-state index is 11.7. The van der Waals surface area contributed by atoms with Crippen LogP contribution in [0.3, 0.4) is 0 Å². The number of ether oxygens (including phenoxy) is 1. The van der Waals surface area contributed by atoms with Gasteiger partial charge in [-0.3, -0.25) is 4.79 Å². The molecule has 1 rings (SSSR count). The zero-order chi connectivity index (χ0) is 10.7. The van der Waals surface area contributed by atoms with Gasteiger partial charge in [-0.1, -0.05) is 22.0 Å². The van der Waals surface area contributed by atoms with Crippen LogP contribution in [0.4, 0.5) is 0 Å². The molecule has 0 spiro atoms. The number of alkyl halides is 1. The molecule has 0 heterocycles. The van der Waals surface area contributed by atoms with Gasteiger partial charge >= 0.3 is 0 Å². The van der Waals surface area contributed by atoms with Crippen LogP contribution in [0.25, 0.3) is 0 Å². The van der Waals surface area contributed by atoms with Crippen LogP contribution in [0, 0.1) is 0 Å². The van der Waals surface area contributed by atoms with Gasteiger partial charge in [0.05, 0.1) is 11.9 Å². The number of halogens is 1. The van der Waals surface area contributed by atoms with Crippen LogP contribution in [0.5, 0.6) is 11.5 Å². The summed E-state index contributed by atoms with van der Waals surface area (Å²) in [5.41, 5.74) is 0.222. The Hall–Kier alpha value is -1.03. The van der Waals surface area contributed by atoms with Gasteiger partial charge in [0, 0.05) is 0 Å². The van der Waals surface area contributed by atoms with Crippen LogP contribution < -0.4 is 4.74 Å². The number of carbonyl (C=O) groups excluding carboxylic acids is 1. The van der Waals surface area contributed by atoms with E-state index in [1.54, 1.807) is 19.1 Å². The maximum Gasteiger partial charge on any atom is 0.183 e. The average Bonchev–Trinajstić information content (AvgIpc) is 2.16.